The number of nitriles is 1. The summed E-state index contributed by atoms with van der Waals surface area (Å²) in [6.45, 7) is -7.65. The number of rotatable bonds is 36. The highest BCUT2D eigenvalue weighted by molar-refractivity contribution is 5.99. The first-order valence-electron chi connectivity index (χ1n) is 44.3. The van der Waals surface area contributed by atoms with Crippen LogP contribution in [-0.4, -0.2) is 168 Å². The van der Waals surface area contributed by atoms with Crippen LogP contribution in [0.2, 0.25) is 0 Å². The normalized spacial score (nSPS) is 10.2. The van der Waals surface area contributed by atoms with E-state index in [1.54, 1.807) is 78.9 Å². The first kappa shape index (κ1) is 114. The number of esters is 3. The maximum Gasteiger partial charge on any atom is 0.387 e. The molecule has 0 fully saturated rings. The third-order valence-corrected chi connectivity index (χ3v) is 20.0. The summed E-state index contributed by atoms with van der Waals surface area (Å²) in [5.74, 6) is 5.60. The number of nitrogens with one attached hydrogen (secondary N) is 6. The Labute approximate surface area is 853 Å². The number of aromatic nitrogens is 6. The number of H-pyrrole nitrogens is 2. The second-order valence-corrected chi connectivity index (χ2v) is 29.9. The highest BCUT2D eigenvalue weighted by Crippen LogP contribution is 2.36. The first-order chi connectivity index (χ1) is 72.5. The van der Waals surface area contributed by atoms with Crippen molar-refractivity contribution >= 4 is 41.5 Å². The summed E-state index contributed by atoms with van der Waals surface area (Å²) in [6, 6.07) is 85.7. The lowest BCUT2D eigenvalue weighted by atomic mass is 10.1. The van der Waals surface area contributed by atoms with E-state index < -0.39 is 61.4 Å². The van der Waals surface area contributed by atoms with Gasteiger partial charge in [-0.05, 0) is 168 Å². The lowest BCUT2D eigenvalue weighted by molar-refractivity contribution is -0.0509. The minimum atomic E-state index is -3.04. The van der Waals surface area contributed by atoms with E-state index in [1.807, 2.05) is 121 Å². The Morgan fingerprint density at radius 1 is 0.333 bits per heavy atom. The van der Waals surface area contributed by atoms with Crippen molar-refractivity contribution in [3.8, 4) is 115 Å². The van der Waals surface area contributed by atoms with Gasteiger partial charge in [-0.25, -0.2) is 30.2 Å². The fraction of sp³-hybridized carbons (Fsp3) is 0.159. The van der Waals surface area contributed by atoms with Crippen molar-refractivity contribution in [1.29, 1.82) is 5.26 Å². The van der Waals surface area contributed by atoms with Gasteiger partial charge in [0, 0.05) is 0 Å². The van der Waals surface area contributed by atoms with Gasteiger partial charge in [0.15, 0.2) is 11.6 Å². The minimum Gasteiger partial charge on any atom is -0.508 e. The van der Waals surface area contributed by atoms with Crippen molar-refractivity contribution in [2.75, 3.05) is 56.3 Å². The van der Waals surface area contributed by atoms with Crippen molar-refractivity contribution < 1.29 is 147 Å². The monoisotopic (exact) mass is 2070 g/mol. The minimum absolute atomic E-state index is 0.0125. The number of carbonyl (C=O) groups excluding carboxylic acids is 7. The van der Waals surface area contributed by atoms with E-state index in [9.17, 15) is 70.1 Å². The van der Waals surface area contributed by atoms with E-state index >= 15 is 0 Å². The topological polar surface area (TPSA) is 511 Å². The molecule has 0 unspecified atom stereocenters. The van der Waals surface area contributed by atoms with Crippen molar-refractivity contribution in [2.45, 2.75) is 59.4 Å². The second kappa shape index (κ2) is 60.1. The number of aromatic amines is 2. The number of alkyl halides is 6. The molecular weight excluding hydrogens is 1970 g/mol. The molecule has 0 radical (unpaired) electrons. The Kier molecular flexibility index (Phi) is 45.7. The van der Waals surface area contributed by atoms with Gasteiger partial charge in [0.1, 0.15) is 148 Å². The van der Waals surface area contributed by atoms with E-state index in [4.69, 9.17) is 63.9 Å². The van der Waals surface area contributed by atoms with E-state index in [-0.39, 0.29) is 93.5 Å². The van der Waals surface area contributed by atoms with E-state index in [0.29, 0.717) is 112 Å². The number of nitrogen functional groups attached to an aromatic ring is 1. The number of nitrogens with zero attached hydrogens (tertiary/aromatic N) is 5. The summed E-state index contributed by atoms with van der Waals surface area (Å²) < 4.78 is 144. The van der Waals surface area contributed by atoms with Crippen LogP contribution in [0.5, 0.6) is 86.2 Å². The number of amides is 4. The summed E-state index contributed by atoms with van der Waals surface area (Å²) in [6.07, 6.45) is 0. The Morgan fingerprint density at radius 2 is 0.633 bits per heavy atom. The molecule has 15 aromatic rings. The molecule has 0 atom stereocenters. The summed E-state index contributed by atoms with van der Waals surface area (Å²) in [5, 5.41) is 66.7. The van der Waals surface area contributed by atoms with Gasteiger partial charge < -0.3 is 103 Å². The van der Waals surface area contributed by atoms with Gasteiger partial charge >= 0.3 is 37.7 Å². The largest absolute Gasteiger partial charge is 0.508 e. The third-order valence-electron chi connectivity index (χ3n) is 20.0. The van der Waals surface area contributed by atoms with Gasteiger partial charge in [0.2, 0.25) is 0 Å². The number of nitrogens with two attached hydrogens (primary N) is 1. The number of methoxy groups -OCH3 is 7. The summed E-state index contributed by atoms with van der Waals surface area (Å²) in [5.41, 5.74) is 7.96. The lowest BCUT2D eigenvalue weighted by Crippen LogP contribution is -2.30. The molecule has 0 aliphatic rings. The Hall–Kier alpha value is -19.5. The molecule has 0 spiro atoms. The predicted molar refractivity (Wildman–Crippen MR) is 531 cm³/mol. The maximum absolute atomic E-state index is 12.6. The number of aromatic hydroxyl groups is 4. The fourth-order valence-electron chi connectivity index (χ4n) is 12.8. The maximum atomic E-state index is 12.6. The number of hydrogen-bond acceptors (Lipinski definition) is 31. The van der Waals surface area contributed by atoms with Crippen molar-refractivity contribution in [2.24, 2.45) is 5.84 Å². The van der Waals surface area contributed by atoms with Gasteiger partial charge in [-0.1, -0.05) is 158 Å². The van der Waals surface area contributed by atoms with Crippen LogP contribution in [0.3, 0.4) is 0 Å². The highest BCUT2D eigenvalue weighted by Gasteiger charge is 2.24. The van der Waals surface area contributed by atoms with Gasteiger partial charge in [-0.15, -0.1) is 0 Å². The zero-order valence-corrected chi connectivity index (χ0v) is 81.0. The van der Waals surface area contributed by atoms with E-state index in [0.717, 1.165) is 28.3 Å². The van der Waals surface area contributed by atoms with E-state index in [2.05, 4.69) is 75.4 Å². The molecule has 37 nitrogen and oxygen atoms in total. The second-order valence-electron chi connectivity index (χ2n) is 29.9. The van der Waals surface area contributed by atoms with Crippen LogP contribution in [0.15, 0.2) is 303 Å². The Morgan fingerprint density at radius 3 is 1.01 bits per heavy atom. The highest BCUT2D eigenvalue weighted by atomic mass is 19.3. The quantitative estimate of drug-likeness (QED) is 0.00254. The molecule has 15 rings (SSSR count). The molecule has 12 N–H and O–H groups in total. The van der Waals surface area contributed by atoms with Crippen LogP contribution in [-0.2, 0) is 53.7 Å². The zero-order chi connectivity index (χ0) is 108. The average molecular weight is 2070 g/mol. The van der Waals surface area contributed by atoms with Crippen LogP contribution < -0.4 is 79.3 Å². The number of carbonyl (C=O) groups is 7. The standard InChI is InChI=1S/C25H22F2N4O4.C18H16F2N4O4.C16H16O4.C15H16N2O3.C15H14O4.C10H8F2N2O2.C8H8O4/c1-33-20-12-11-17(34-15-16-7-3-2-4-8-16)13-19(20)23-29-22(30-31-23)14-28-24(32)18-9-5-6-10-21(18)35-25(26)27;1-27-13-7-6-10(25)8-12(13)16-22-15(23-24-16)9-21-17(26)11-4-2-3-5-14(11)28-18(19)20;1-18-15-9-8-13(10-14(15)16(17)19-2)20-11-12-6-4-3-5-7-12;1-19-14-8-7-12(9-13(14)15(18)17-16)20-10-11-5-3-2-4-6-11;1-18-15(17)13-9-12(7-8-14(13)16)19-10-11-5-3-2-4-6-11;11-10(12)16-8-4-2-1-3-7(8)9(15)14-6-5-13;1-12-8(11)6-4-5(9)2-3-7(6)10/h2-13,25H,14-15H2,1H3,(H,28,32)(H,29,30,31);2-8,18,25H,9H2,1H3,(H,21,26)(H,22,23,24);3-10H,11H2,1-2H3;2-9H,10,16H2,1H3,(H,17,18);2-9,16H,10H2,1H3;1-4,10H,6H2,(H,14,15);2-4,9-10H,1H3. The van der Waals surface area contributed by atoms with Gasteiger partial charge in [0.25, 0.3) is 23.6 Å². The number of ether oxygens (including phenoxy) is 14. The number of hydrogen-bond donors (Lipinski definition) is 11. The van der Waals surface area contributed by atoms with E-state index in [1.165, 1.54) is 153 Å². The van der Waals surface area contributed by atoms with Crippen LogP contribution >= 0.6 is 0 Å². The molecule has 4 amide bonds. The molecular formula is C107H100F6N12O25. The number of benzene rings is 13. The molecule has 0 saturated heterocycles. The average Bonchev–Trinajstić information content (AvgIpc) is 1.64. The van der Waals surface area contributed by atoms with Crippen molar-refractivity contribution in [3.63, 3.8) is 0 Å². The summed E-state index contributed by atoms with van der Waals surface area (Å²) in [7, 11) is 9.81. The Balaban J connectivity index is 0.000000199. The van der Waals surface area contributed by atoms with Crippen LogP contribution in [0.25, 0.3) is 22.8 Å². The molecule has 2 aromatic heterocycles. The predicted octanol–water partition coefficient (Wildman–Crippen LogP) is 17.4. The molecule has 780 valence electrons. The molecule has 13 aromatic carbocycles. The lowest BCUT2D eigenvalue weighted by Gasteiger charge is -2.11. The molecule has 43 heteroatoms. The van der Waals surface area contributed by atoms with Crippen molar-refractivity contribution in [1.82, 2.24) is 51.7 Å². The summed E-state index contributed by atoms with van der Waals surface area (Å²) in [4.78, 5) is 90.5. The fourth-order valence-corrected chi connectivity index (χ4v) is 12.8. The number of phenols is 4. The number of phenolic OH excluding ortho intramolecular Hbond substituents is 4. The van der Waals surface area contributed by atoms with Crippen LogP contribution in [0, 0.1) is 11.3 Å². The van der Waals surface area contributed by atoms with Crippen molar-refractivity contribution in [3.05, 3.63) is 376 Å². The molecule has 0 aliphatic carbocycles. The molecule has 0 bridgehead atoms. The molecule has 150 heavy (non-hydrogen) atoms. The molecule has 2 heterocycles. The summed E-state index contributed by atoms with van der Waals surface area (Å²) >= 11 is 0. The number of para-hydroxylation sites is 3. The Bertz CT molecular complexity index is 6840. The van der Waals surface area contributed by atoms with Crippen LogP contribution in [0.1, 0.15) is 106 Å². The number of halogens is 6. The zero-order valence-electron chi connectivity index (χ0n) is 81.0. The van der Waals surface area contributed by atoms with Gasteiger partial charge in [-0.3, -0.25) is 34.8 Å². The number of hydrazine groups is 1. The SMILES string of the molecule is COC(=O)c1cc(O)ccc1O.COC(=O)c1cc(OCc2ccccc2)ccc1O.COC(=O)c1cc(OCc2ccccc2)ccc1OC.COc1ccc(O)cc1-c1n[nH]c(CNC(=O)c2ccccc2OC(F)F)n1.COc1ccc(OCc2ccccc2)cc1-c1n[nH]c(CNC(=O)c2ccccc2OC(F)F)n1.COc1ccc(OCc2ccccc2)cc1C(=O)NN.N#CCNC(=O)c1ccccc1OC(F)F. The van der Waals surface area contributed by atoms with Gasteiger partial charge in [0.05, 0.1) is 102 Å². The molecule has 0 saturated carbocycles. The smallest absolute Gasteiger partial charge is 0.387 e. The van der Waals surface area contributed by atoms with Crippen LogP contribution in [0.4, 0.5) is 26.3 Å². The molecule has 0 aliphatic heterocycles. The third kappa shape index (κ3) is 36.4. The first-order valence-corrected chi connectivity index (χ1v) is 44.3. The van der Waals surface area contributed by atoms with Gasteiger partial charge in [-0.2, -0.15) is 41.8 Å².